The van der Waals surface area contributed by atoms with Gasteiger partial charge in [-0.3, -0.25) is 14.5 Å². The topological polar surface area (TPSA) is 102 Å². The summed E-state index contributed by atoms with van der Waals surface area (Å²) in [5.74, 6) is -2.31. The van der Waals surface area contributed by atoms with Crippen LogP contribution < -0.4 is 5.32 Å². The molecular formula is C32H45F2N3O5. The van der Waals surface area contributed by atoms with E-state index in [0.29, 0.717) is 30.8 Å². The number of ether oxygens (including phenoxy) is 1. The molecule has 0 unspecified atom stereocenters. The Morgan fingerprint density at radius 2 is 1.69 bits per heavy atom. The standard InChI is InChI=1S/C32H45F2N3O5/c1-5-9-36(10-6-2)32(41)24-13-21(3)12-23(17-24)31(40)35-28(16-22-14-25(33)18-26(34)15-22)30(39)29(38)19-37-11-7-8-27(37)20-42-4/h12-15,17-18,27-30,38-39H,5-11,16,19-20H2,1-4H3,(H,35,40)/t27-,28-,29+,30+/m0/s1. The number of hydrogen-bond donors (Lipinski definition) is 3. The van der Waals surface area contributed by atoms with E-state index >= 15 is 0 Å². The molecule has 42 heavy (non-hydrogen) atoms. The van der Waals surface area contributed by atoms with Gasteiger partial charge >= 0.3 is 0 Å². The van der Waals surface area contributed by atoms with Crippen molar-refractivity contribution in [2.75, 3.05) is 39.9 Å². The van der Waals surface area contributed by atoms with Crippen molar-refractivity contribution in [3.8, 4) is 0 Å². The van der Waals surface area contributed by atoms with Gasteiger partial charge in [-0.05, 0) is 87.0 Å². The van der Waals surface area contributed by atoms with Crippen molar-refractivity contribution >= 4 is 11.8 Å². The molecule has 3 rings (SSSR count). The molecule has 1 fully saturated rings. The van der Waals surface area contributed by atoms with Crippen molar-refractivity contribution < 1.29 is 33.3 Å². The zero-order chi connectivity index (χ0) is 30.8. The number of carbonyl (C=O) groups is 2. The van der Waals surface area contributed by atoms with Gasteiger partial charge in [0.25, 0.3) is 11.8 Å². The third kappa shape index (κ3) is 9.29. The summed E-state index contributed by atoms with van der Waals surface area (Å²) in [5.41, 5.74) is 1.52. The number of rotatable bonds is 15. The summed E-state index contributed by atoms with van der Waals surface area (Å²) in [6, 6.07) is 6.93. The van der Waals surface area contributed by atoms with E-state index in [0.717, 1.165) is 50.4 Å². The summed E-state index contributed by atoms with van der Waals surface area (Å²) >= 11 is 0. The molecular weight excluding hydrogens is 544 g/mol. The molecule has 0 saturated carbocycles. The number of carbonyl (C=O) groups excluding carboxylic acids is 2. The largest absolute Gasteiger partial charge is 0.389 e. The number of halogens is 2. The lowest BCUT2D eigenvalue weighted by atomic mass is 9.96. The van der Waals surface area contributed by atoms with E-state index in [1.54, 1.807) is 31.1 Å². The molecule has 0 radical (unpaired) electrons. The number of β-amino-alcohol motifs (C(OH)–C–C–N with tert-alkyl or cyclic N) is 1. The van der Waals surface area contributed by atoms with Crippen LogP contribution in [0.15, 0.2) is 36.4 Å². The Balaban J connectivity index is 1.86. The molecule has 1 aliphatic heterocycles. The van der Waals surface area contributed by atoms with Crippen LogP contribution in [0, 0.1) is 18.6 Å². The molecule has 8 nitrogen and oxygen atoms in total. The number of aliphatic hydroxyl groups excluding tert-OH is 2. The van der Waals surface area contributed by atoms with Crippen LogP contribution in [0.2, 0.25) is 0 Å². The second-order valence-electron chi connectivity index (χ2n) is 11.2. The van der Waals surface area contributed by atoms with Gasteiger partial charge in [0.05, 0.1) is 18.8 Å². The minimum atomic E-state index is -1.44. The molecule has 0 aliphatic carbocycles. The Labute approximate surface area is 247 Å². The second-order valence-corrected chi connectivity index (χ2v) is 11.2. The Morgan fingerprint density at radius 3 is 2.31 bits per heavy atom. The number of aryl methyl sites for hydroxylation is 1. The van der Waals surface area contributed by atoms with Crippen molar-refractivity contribution in [3.05, 3.63) is 70.3 Å². The third-order valence-electron chi connectivity index (χ3n) is 7.64. The SMILES string of the molecule is CCCN(CCC)C(=O)c1cc(C)cc(C(=O)N[C@@H](Cc2cc(F)cc(F)c2)[C@@H](O)[C@H](O)CN2CCC[C@H]2COC)c1. The highest BCUT2D eigenvalue weighted by Crippen LogP contribution is 2.21. The Kier molecular flexibility index (Phi) is 12.8. The lowest BCUT2D eigenvalue weighted by Gasteiger charge is -2.32. The second kappa shape index (κ2) is 16.1. The van der Waals surface area contributed by atoms with Gasteiger partial charge in [-0.1, -0.05) is 13.8 Å². The number of hydrogen-bond acceptors (Lipinski definition) is 6. The smallest absolute Gasteiger partial charge is 0.253 e. The minimum absolute atomic E-state index is 0.102. The third-order valence-corrected chi connectivity index (χ3v) is 7.64. The molecule has 10 heteroatoms. The molecule has 232 valence electrons. The minimum Gasteiger partial charge on any atom is -0.389 e. The molecule has 0 bridgehead atoms. The number of nitrogens with zero attached hydrogens (tertiary/aromatic N) is 2. The van der Waals surface area contributed by atoms with Gasteiger partial charge in [0, 0.05) is 50.0 Å². The van der Waals surface area contributed by atoms with E-state index in [1.165, 1.54) is 6.07 Å². The summed E-state index contributed by atoms with van der Waals surface area (Å²) in [7, 11) is 1.61. The Bertz CT molecular complexity index is 1170. The average molecular weight is 590 g/mol. The van der Waals surface area contributed by atoms with Crippen molar-refractivity contribution in [2.24, 2.45) is 0 Å². The van der Waals surface area contributed by atoms with Gasteiger partial charge in [0.15, 0.2) is 0 Å². The van der Waals surface area contributed by atoms with Gasteiger partial charge in [0.1, 0.15) is 17.7 Å². The molecule has 0 aromatic heterocycles. The summed E-state index contributed by atoms with van der Waals surface area (Å²) in [5, 5.41) is 25.1. The van der Waals surface area contributed by atoms with Crippen molar-refractivity contribution in [2.45, 2.75) is 77.2 Å². The number of aliphatic hydroxyl groups is 2. The van der Waals surface area contributed by atoms with Gasteiger partial charge in [-0.25, -0.2) is 8.78 Å². The van der Waals surface area contributed by atoms with Gasteiger partial charge in [0.2, 0.25) is 0 Å². The highest BCUT2D eigenvalue weighted by atomic mass is 19.1. The molecule has 2 amide bonds. The number of methoxy groups -OCH3 is 1. The fourth-order valence-electron chi connectivity index (χ4n) is 5.70. The molecule has 4 atom stereocenters. The fourth-order valence-corrected chi connectivity index (χ4v) is 5.70. The van der Waals surface area contributed by atoms with Crippen LogP contribution in [-0.2, 0) is 11.2 Å². The fraction of sp³-hybridized carbons (Fsp3) is 0.562. The Hall–Kier alpha value is -2.92. The summed E-state index contributed by atoms with van der Waals surface area (Å²) < 4.78 is 33.3. The van der Waals surface area contributed by atoms with Crippen LogP contribution in [0.5, 0.6) is 0 Å². The number of likely N-dealkylation sites (tertiary alicyclic amines) is 1. The van der Waals surface area contributed by atoms with Gasteiger partial charge in [-0.2, -0.15) is 0 Å². The van der Waals surface area contributed by atoms with Crippen LogP contribution in [0.3, 0.4) is 0 Å². The molecule has 3 N–H and O–H groups in total. The van der Waals surface area contributed by atoms with Crippen LogP contribution >= 0.6 is 0 Å². The zero-order valence-corrected chi connectivity index (χ0v) is 25.1. The van der Waals surface area contributed by atoms with E-state index < -0.39 is 35.8 Å². The Morgan fingerprint density at radius 1 is 1.05 bits per heavy atom. The predicted molar refractivity (Wildman–Crippen MR) is 157 cm³/mol. The maximum Gasteiger partial charge on any atom is 0.253 e. The number of nitrogens with one attached hydrogen (secondary N) is 1. The van der Waals surface area contributed by atoms with E-state index in [-0.39, 0.29) is 36.0 Å². The maximum absolute atomic E-state index is 14.0. The van der Waals surface area contributed by atoms with Crippen LogP contribution in [0.1, 0.15) is 71.4 Å². The van der Waals surface area contributed by atoms with E-state index in [9.17, 15) is 28.6 Å². The molecule has 1 aliphatic rings. The number of benzene rings is 2. The lowest BCUT2D eigenvalue weighted by molar-refractivity contribution is -0.0267. The number of amides is 2. The van der Waals surface area contributed by atoms with Crippen LogP contribution in [0.4, 0.5) is 8.78 Å². The zero-order valence-electron chi connectivity index (χ0n) is 25.1. The van der Waals surface area contributed by atoms with Gasteiger partial charge < -0.3 is 25.2 Å². The molecule has 2 aromatic carbocycles. The van der Waals surface area contributed by atoms with Gasteiger partial charge in [-0.15, -0.1) is 0 Å². The first-order valence-corrected chi connectivity index (χ1v) is 14.8. The lowest BCUT2D eigenvalue weighted by Crippen LogP contribution is -2.53. The normalized spacial score (nSPS) is 17.6. The average Bonchev–Trinajstić information content (AvgIpc) is 3.37. The predicted octanol–water partition coefficient (Wildman–Crippen LogP) is 3.71. The first-order chi connectivity index (χ1) is 20.1. The van der Waals surface area contributed by atoms with Crippen molar-refractivity contribution in [3.63, 3.8) is 0 Å². The van der Waals surface area contributed by atoms with Crippen LogP contribution in [0.25, 0.3) is 0 Å². The molecule has 1 saturated heterocycles. The van der Waals surface area contributed by atoms with Crippen molar-refractivity contribution in [1.29, 1.82) is 0 Å². The maximum atomic E-state index is 14.0. The highest BCUT2D eigenvalue weighted by molar-refractivity contribution is 6.00. The summed E-state index contributed by atoms with van der Waals surface area (Å²) in [4.78, 5) is 30.6. The highest BCUT2D eigenvalue weighted by Gasteiger charge is 2.33. The van der Waals surface area contributed by atoms with Crippen molar-refractivity contribution in [1.82, 2.24) is 15.1 Å². The van der Waals surface area contributed by atoms with E-state index in [2.05, 4.69) is 5.32 Å². The first-order valence-electron chi connectivity index (χ1n) is 14.8. The molecule has 0 spiro atoms. The van der Waals surface area contributed by atoms with E-state index in [4.69, 9.17) is 4.74 Å². The first kappa shape index (κ1) is 33.6. The van der Waals surface area contributed by atoms with E-state index in [1.807, 2.05) is 18.7 Å². The monoisotopic (exact) mass is 589 g/mol. The summed E-state index contributed by atoms with van der Waals surface area (Å²) in [6.45, 7) is 8.35. The summed E-state index contributed by atoms with van der Waals surface area (Å²) in [6.07, 6.45) is 0.619. The quantitative estimate of drug-likeness (QED) is 0.293. The molecule has 1 heterocycles. The molecule has 2 aromatic rings. The van der Waals surface area contributed by atoms with Crippen LogP contribution in [-0.4, -0.2) is 96.0 Å².